The molecular weight excluding hydrogens is 164 g/mol. The van der Waals surface area contributed by atoms with Crippen LogP contribution in [0.2, 0.25) is 0 Å². The Morgan fingerprint density at radius 2 is 2.38 bits per heavy atom. The third kappa shape index (κ3) is 3.63. The van der Waals surface area contributed by atoms with Crippen molar-refractivity contribution in [2.24, 2.45) is 0 Å². The molecule has 0 bridgehead atoms. The van der Waals surface area contributed by atoms with Gasteiger partial charge in [-0.25, -0.2) is 0 Å². The largest absolute Gasteiger partial charge is 0.383 e. The second kappa shape index (κ2) is 6.35. The fraction of sp³-hybridized carbons (Fsp3) is 1.00. The normalized spacial score (nSPS) is 24.9. The average molecular weight is 186 g/mol. The smallest absolute Gasteiger partial charge is 0.0589 e. The van der Waals surface area contributed by atoms with Crippen LogP contribution in [-0.4, -0.2) is 50.8 Å². The van der Waals surface area contributed by atoms with Gasteiger partial charge >= 0.3 is 0 Å². The molecule has 1 saturated heterocycles. The lowest BCUT2D eigenvalue weighted by atomic mass is 10.1. The van der Waals surface area contributed by atoms with E-state index < -0.39 is 0 Å². The van der Waals surface area contributed by atoms with Gasteiger partial charge in [0.25, 0.3) is 0 Å². The van der Waals surface area contributed by atoms with Crippen molar-refractivity contribution in [2.45, 2.75) is 25.8 Å². The van der Waals surface area contributed by atoms with Crippen molar-refractivity contribution >= 4 is 0 Å². The molecule has 0 amide bonds. The number of piperazine rings is 1. The maximum absolute atomic E-state index is 5.11. The number of nitrogens with zero attached hydrogens (tertiary/aromatic N) is 1. The lowest BCUT2D eigenvalue weighted by Gasteiger charge is -2.35. The minimum atomic E-state index is 0.730. The second-order valence-electron chi connectivity index (χ2n) is 3.68. The van der Waals surface area contributed by atoms with Crippen LogP contribution in [0.3, 0.4) is 0 Å². The molecule has 13 heavy (non-hydrogen) atoms. The van der Waals surface area contributed by atoms with Gasteiger partial charge in [0.2, 0.25) is 0 Å². The van der Waals surface area contributed by atoms with Gasteiger partial charge in [-0.05, 0) is 6.42 Å². The Hall–Kier alpha value is -0.120. The van der Waals surface area contributed by atoms with E-state index in [1.807, 2.05) is 0 Å². The lowest BCUT2D eigenvalue weighted by Crippen LogP contribution is -2.52. The summed E-state index contributed by atoms with van der Waals surface area (Å²) in [5.74, 6) is 0. The van der Waals surface area contributed by atoms with Gasteiger partial charge in [0.1, 0.15) is 0 Å². The third-order valence-electron chi connectivity index (χ3n) is 2.68. The molecule has 0 aromatic heterocycles. The number of ether oxygens (including phenoxy) is 1. The van der Waals surface area contributed by atoms with Crippen molar-refractivity contribution in [3.63, 3.8) is 0 Å². The molecule has 0 spiro atoms. The first-order valence-corrected chi connectivity index (χ1v) is 5.32. The molecule has 0 aromatic carbocycles. The summed E-state index contributed by atoms with van der Waals surface area (Å²) in [5, 5.41) is 3.44. The van der Waals surface area contributed by atoms with Crippen LogP contribution in [0.5, 0.6) is 0 Å². The van der Waals surface area contributed by atoms with Crippen LogP contribution in [0, 0.1) is 0 Å². The highest BCUT2D eigenvalue weighted by Crippen LogP contribution is 2.08. The average Bonchev–Trinajstić information content (AvgIpc) is 2.17. The molecule has 0 unspecified atom stereocenters. The summed E-state index contributed by atoms with van der Waals surface area (Å²) < 4.78 is 5.11. The van der Waals surface area contributed by atoms with Gasteiger partial charge in [0.05, 0.1) is 6.61 Å². The molecule has 1 atom stereocenters. The molecule has 0 aromatic rings. The summed E-state index contributed by atoms with van der Waals surface area (Å²) in [6, 6.07) is 0.730. The van der Waals surface area contributed by atoms with E-state index in [1.165, 1.54) is 19.4 Å². The van der Waals surface area contributed by atoms with Gasteiger partial charge in [-0.3, -0.25) is 4.90 Å². The Kier molecular flexibility index (Phi) is 5.35. The summed E-state index contributed by atoms with van der Waals surface area (Å²) in [4.78, 5) is 2.55. The van der Waals surface area contributed by atoms with E-state index in [0.29, 0.717) is 0 Å². The Morgan fingerprint density at radius 1 is 1.54 bits per heavy atom. The van der Waals surface area contributed by atoms with Gasteiger partial charge in [-0.15, -0.1) is 0 Å². The summed E-state index contributed by atoms with van der Waals surface area (Å²) in [6.07, 6.45) is 2.58. The highest BCUT2D eigenvalue weighted by molar-refractivity contribution is 4.78. The zero-order chi connectivity index (χ0) is 9.52. The van der Waals surface area contributed by atoms with Crippen LogP contribution in [0.4, 0.5) is 0 Å². The quantitative estimate of drug-likeness (QED) is 0.684. The topological polar surface area (TPSA) is 24.5 Å². The lowest BCUT2D eigenvalue weighted by molar-refractivity contribution is 0.0994. The molecule has 78 valence electrons. The highest BCUT2D eigenvalue weighted by atomic mass is 16.5. The standard InChI is InChI=1S/C10H22N2O/c1-3-4-10-9-11-5-6-12(10)7-8-13-2/h10-11H,3-9H2,1-2H3/t10-/m1/s1. The molecule has 0 saturated carbocycles. The molecule has 0 radical (unpaired) electrons. The molecule has 3 heteroatoms. The number of hydrogen-bond donors (Lipinski definition) is 1. The van der Waals surface area contributed by atoms with E-state index in [-0.39, 0.29) is 0 Å². The monoisotopic (exact) mass is 186 g/mol. The van der Waals surface area contributed by atoms with Gasteiger partial charge in [0, 0.05) is 39.3 Å². The molecule has 1 rings (SSSR count). The van der Waals surface area contributed by atoms with E-state index >= 15 is 0 Å². The van der Waals surface area contributed by atoms with Crippen molar-refractivity contribution < 1.29 is 4.74 Å². The molecule has 1 heterocycles. The Balaban J connectivity index is 2.28. The molecule has 0 aliphatic carbocycles. The van der Waals surface area contributed by atoms with Crippen LogP contribution in [0.25, 0.3) is 0 Å². The Bertz CT molecular complexity index is 128. The predicted octanol–water partition coefficient (Wildman–Crippen LogP) is 0.707. The second-order valence-corrected chi connectivity index (χ2v) is 3.68. The van der Waals surface area contributed by atoms with Crippen molar-refractivity contribution in [3.05, 3.63) is 0 Å². The predicted molar refractivity (Wildman–Crippen MR) is 55.0 cm³/mol. The molecule has 1 aliphatic heterocycles. The molecule has 1 aliphatic rings. The number of hydrogen-bond acceptors (Lipinski definition) is 3. The third-order valence-corrected chi connectivity index (χ3v) is 2.68. The summed E-state index contributed by atoms with van der Waals surface area (Å²) in [6.45, 7) is 7.65. The van der Waals surface area contributed by atoms with Gasteiger partial charge in [-0.2, -0.15) is 0 Å². The summed E-state index contributed by atoms with van der Waals surface area (Å²) in [5.41, 5.74) is 0. The highest BCUT2D eigenvalue weighted by Gasteiger charge is 2.20. The van der Waals surface area contributed by atoms with Crippen LogP contribution in [-0.2, 0) is 4.74 Å². The van der Waals surface area contributed by atoms with E-state index in [1.54, 1.807) is 7.11 Å². The van der Waals surface area contributed by atoms with Gasteiger partial charge in [0.15, 0.2) is 0 Å². The number of nitrogens with one attached hydrogen (secondary N) is 1. The van der Waals surface area contributed by atoms with Crippen LogP contribution in [0.1, 0.15) is 19.8 Å². The van der Waals surface area contributed by atoms with E-state index in [4.69, 9.17) is 4.74 Å². The van der Waals surface area contributed by atoms with E-state index in [0.717, 1.165) is 32.3 Å². The number of rotatable bonds is 5. The van der Waals surface area contributed by atoms with Crippen LogP contribution >= 0.6 is 0 Å². The molecule has 1 fully saturated rings. The van der Waals surface area contributed by atoms with Crippen molar-refractivity contribution in [3.8, 4) is 0 Å². The van der Waals surface area contributed by atoms with Gasteiger partial charge < -0.3 is 10.1 Å². The van der Waals surface area contributed by atoms with Crippen molar-refractivity contribution in [2.75, 3.05) is 39.9 Å². The molecular formula is C10H22N2O. The maximum Gasteiger partial charge on any atom is 0.0589 e. The van der Waals surface area contributed by atoms with Crippen molar-refractivity contribution in [1.29, 1.82) is 0 Å². The first kappa shape index (κ1) is 11.0. The summed E-state index contributed by atoms with van der Waals surface area (Å²) in [7, 11) is 1.77. The SMILES string of the molecule is CCC[C@@H]1CNCCN1CCOC. The fourth-order valence-electron chi connectivity index (χ4n) is 1.92. The summed E-state index contributed by atoms with van der Waals surface area (Å²) >= 11 is 0. The minimum Gasteiger partial charge on any atom is -0.383 e. The van der Waals surface area contributed by atoms with E-state index in [2.05, 4.69) is 17.1 Å². The van der Waals surface area contributed by atoms with Crippen LogP contribution < -0.4 is 5.32 Å². The zero-order valence-electron chi connectivity index (χ0n) is 8.88. The Labute approximate surface area is 81.4 Å². The first-order chi connectivity index (χ1) is 6.38. The minimum absolute atomic E-state index is 0.730. The fourth-order valence-corrected chi connectivity index (χ4v) is 1.92. The van der Waals surface area contributed by atoms with Crippen molar-refractivity contribution in [1.82, 2.24) is 10.2 Å². The Morgan fingerprint density at radius 3 is 3.08 bits per heavy atom. The zero-order valence-corrected chi connectivity index (χ0v) is 8.88. The van der Waals surface area contributed by atoms with Crippen LogP contribution in [0.15, 0.2) is 0 Å². The first-order valence-electron chi connectivity index (χ1n) is 5.32. The molecule has 3 nitrogen and oxygen atoms in total. The maximum atomic E-state index is 5.11. The molecule has 1 N–H and O–H groups in total. The van der Waals surface area contributed by atoms with Gasteiger partial charge in [-0.1, -0.05) is 13.3 Å². The van der Waals surface area contributed by atoms with E-state index in [9.17, 15) is 0 Å². The number of methoxy groups -OCH3 is 1.